The van der Waals surface area contributed by atoms with E-state index < -0.39 is 6.04 Å². The van der Waals surface area contributed by atoms with E-state index in [-0.39, 0.29) is 29.7 Å². The van der Waals surface area contributed by atoms with Crippen LogP contribution in [0.3, 0.4) is 0 Å². The quantitative estimate of drug-likeness (QED) is 0.122. The van der Waals surface area contributed by atoms with Crippen LogP contribution in [0.15, 0.2) is 102 Å². The standard InChI is InChI=1S/C34H39N7O2/c35-34(36)37-20-9-16-31-33(43)41(23-28(24-10-3-1-4-11-24)25-12-5-2-6-13-25)21-19-27(39-31)22-38-32(42)30-18-17-26-14-7-8-15-29(26)40-30/h1-8,10-15,17-18,27-28,31,39H,9,16,19-23H2,(H,38,42)(H4,35,36,37)/t27-,31-/m0/s1. The molecule has 9 heteroatoms. The summed E-state index contributed by atoms with van der Waals surface area (Å²) in [5, 5.41) is 7.56. The van der Waals surface area contributed by atoms with Crippen molar-refractivity contribution in [1.29, 1.82) is 0 Å². The molecule has 2 amide bonds. The molecule has 1 saturated heterocycles. The highest BCUT2D eigenvalue weighted by atomic mass is 16.2. The molecular formula is C34H39N7O2. The van der Waals surface area contributed by atoms with Gasteiger partial charge in [0.15, 0.2) is 5.96 Å². The highest BCUT2D eigenvalue weighted by Crippen LogP contribution is 2.27. The maximum atomic E-state index is 14.0. The zero-order chi connectivity index (χ0) is 30.0. The van der Waals surface area contributed by atoms with Crippen molar-refractivity contribution >= 4 is 28.7 Å². The van der Waals surface area contributed by atoms with Crippen LogP contribution < -0.4 is 22.1 Å². The van der Waals surface area contributed by atoms with Gasteiger partial charge in [0.25, 0.3) is 5.91 Å². The average Bonchev–Trinajstić information content (AvgIpc) is 3.19. The van der Waals surface area contributed by atoms with Crippen LogP contribution in [0, 0.1) is 0 Å². The first kappa shape index (κ1) is 29.7. The Labute approximate surface area is 252 Å². The van der Waals surface area contributed by atoms with E-state index in [0.29, 0.717) is 51.1 Å². The van der Waals surface area contributed by atoms with Gasteiger partial charge >= 0.3 is 0 Å². The summed E-state index contributed by atoms with van der Waals surface area (Å²) in [6, 6.07) is 31.4. The minimum Gasteiger partial charge on any atom is -0.370 e. The number of guanidine groups is 1. The molecule has 0 radical (unpaired) electrons. The van der Waals surface area contributed by atoms with Crippen LogP contribution >= 0.6 is 0 Å². The number of amides is 2. The van der Waals surface area contributed by atoms with Crippen LogP contribution in [-0.4, -0.2) is 65.9 Å². The molecule has 43 heavy (non-hydrogen) atoms. The fourth-order valence-electron chi connectivity index (χ4n) is 5.63. The second-order valence-corrected chi connectivity index (χ2v) is 10.9. The molecule has 9 nitrogen and oxygen atoms in total. The Kier molecular flexibility index (Phi) is 9.97. The third kappa shape index (κ3) is 7.96. The molecule has 0 saturated carbocycles. The highest BCUT2D eigenvalue weighted by Gasteiger charge is 2.32. The van der Waals surface area contributed by atoms with Crippen molar-refractivity contribution in [2.45, 2.75) is 37.3 Å². The number of nitrogens with zero attached hydrogens (tertiary/aromatic N) is 3. The summed E-state index contributed by atoms with van der Waals surface area (Å²) in [6.45, 7) is 1.94. The molecule has 1 aliphatic heterocycles. The first-order valence-corrected chi connectivity index (χ1v) is 14.8. The monoisotopic (exact) mass is 577 g/mol. The van der Waals surface area contributed by atoms with Gasteiger partial charge in [-0.3, -0.25) is 14.6 Å². The van der Waals surface area contributed by atoms with Crippen molar-refractivity contribution < 1.29 is 9.59 Å². The van der Waals surface area contributed by atoms with Crippen molar-refractivity contribution in [1.82, 2.24) is 20.5 Å². The van der Waals surface area contributed by atoms with Gasteiger partial charge < -0.3 is 27.0 Å². The summed E-state index contributed by atoms with van der Waals surface area (Å²) in [6.07, 6.45) is 1.91. The number of nitrogens with one attached hydrogen (secondary N) is 2. The Morgan fingerprint density at radius 2 is 1.63 bits per heavy atom. The van der Waals surface area contributed by atoms with Gasteiger partial charge in [-0.1, -0.05) is 84.9 Å². The van der Waals surface area contributed by atoms with Crippen molar-refractivity contribution in [3.63, 3.8) is 0 Å². The second kappa shape index (κ2) is 14.4. The van der Waals surface area contributed by atoms with E-state index in [9.17, 15) is 9.59 Å². The second-order valence-electron chi connectivity index (χ2n) is 10.9. The predicted octanol–water partition coefficient (Wildman–Crippen LogP) is 3.41. The van der Waals surface area contributed by atoms with Gasteiger partial charge in [0, 0.05) is 43.5 Å². The summed E-state index contributed by atoms with van der Waals surface area (Å²) < 4.78 is 0. The maximum Gasteiger partial charge on any atom is 0.269 e. The molecule has 4 aromatic rings. The summed E-state index contributed by atoms with van der Waals surface area (Å²) in [5.74, 6) is -0.119. The zero-order valence-electron chi connectivity index (χ0n) is 24.2. The van der Waals surface area contributed by atoms with E-state index in [1.54, 1.807) is 6.07 Å². The number of nitrogens with two attached hydrogens (primary N) is 2. The number of fused-ring (bicyclic) bond motifs is 1. The van der Waals surface area contributed by atoms with Crippen LogP contribution in [0.2, 0.25) is 0 Å². The molecule has 1 aliphatic rings. The number of carbonyl (C=O) groups is 2. The normalized spacial score (nSPS) is 17.0. The number of aliphatic imine (C=N–C) groups is 1. The molecule has 2 atom stereocenters. The van der Waals surface area contributed by atoms with Gasteiger partial charge in [-0.2, -0.15) is 0 Å². The number of carbonyl (C=O) groups excluding carboxylic acids is 2. The van der Waals surface area contributed by atoms with E-state index >= 15 is 0 Å². The van der Waals surface area contributed by atoms with Crippen LogP contribution in [0.1, 0.15) is 46.8 Å². The van der Waals surface area contributed by atoms with Crippen molar-refractivity contribution in [3.05, 3.63) is 114 Å². The lowest BCUT2D eigenvalue weighted by atomic mass is 9.90. The molecular weight excluding hydrogens is 538 g/mol. The molecule has 1 aromatic heterocycles. The smallest absolute Gasteiger partial charge is 0.269 e. The molecule has 0 bridgehead atoms. The summed E-state index contributed by atoms with van der Waals surface area (Å²) in [7, 11) is 0. The third-order valence-electron chi connectivity index (χ3n) is 7.89. The Balaban J connectivity index is 1.31. The SMILES string of the molecule is NC(N)=NCCC[C@@H]1N[C@H](CNC(=O)c2ccc3ccccc3n2)CCN(CC(c2ccccc2)c2ccccc2)C1=O. The van der Waals surface area contributed by atoms with Crippen molar-refractivity contribution in [2.24, 2.45) is 16.5 Å². The molecule has 6 N–H and O–H groups in total. The molecule has 1 fully saturated rings. The van der Waals surface area contributed by atoms with Crippen LogP contribution in [-0.2, 0) is 4.79 Å². The van der Waals surface area contributed by atoms with Crippen molar-refractivity contribution in [2.75, 3.05) is 26.2 Å². The lowest BCUT2D eigenvalue weighted by Gasteiger charge is -2.29. The van der Waals surface area contributed by atoms with Gasteiger partial charge in [0.2, 0.25) is 5.91 Å². The number of aromatic nitrogens is 1. The largest absolute Gasteiger partial charge is 0.370 e. The maximum absolute atomic E-state index is 14.0. The van der Waals surface area contributed by atoms with Crippen LogP contribution in [0.5, 0.6) is 0 Å². The number of benzene rings is 3. The number of pyridine rings is 1. The highest BCUT2D eigenvalue weighted by molar-refractivity contribution is 5.94. The zero-order valence-corrected chi connectivity index (χ0v) is 24.2. The van der Waals surface area contributed by atoms with Gasteiger partial charge in [-0.25, -0.2) is 4.98 Å². The third-order valence-corrected chi connectivity index (χ3v) is 7.89. The molecule has 3 aromatic carbocycles. The minimum atomic E-state index is -0.426. The average molecular weight is 578 g/mol. The van der Waals surface area contributed by atoms with E-state index in [0.717, 1.165) is 22.0 Å². The van der Waals surface area contributed by atoms with E-state index in [1.165, 1.54) is 0 Å². The number of hydrogen-bond donors (Lipinski definition) is 4. The van der Waals surface area contributed by atoms with E-state index in [4.69, 9.17) is 11.5 Å². The Morgan fingerprint density at radius 1 is 0.953 bits per heavy atom. The summed E-state index contributed by atoms with van der Waals surface area (Å²) in [4.78, 5) is 37.6. The summed E-state index contributed by atoms with van der Waals surface area (Å²) >= 11 is 0. The fraction of sp³-hybridized carbons (Fsp3) is 0.294. The number of para-hydroxylation sites is 1. The molecule has 0 spiro atoms. The molecule has 222 valence electrons. The Morgan fingerprint density at radius 3 is 2.33 bits per heavy atom. The molecule has 2 heterocycles. The topological polar surface area (TPSA) is 139 Å². The van der Waals surface area contributed by atoms with Gasteiger partial charge in [-0.15, -0.1) is 0 Å². The summed E-state index contributed by atoms with van der Waals surface area (Å²) in [5.41, 5.74) is 14.5. The van der Waals surface area contributed by atoms with Crippen LogP contribution in [0.4, 0.5) is 0 Å². The van der Waals surface area contributed by atoms with Gasteiger partial charge in [0.05, 0.1) is 11.6 Å². The fourth-order valence-corrected chi connectivity index (χ4v) is 5.63. The predicted molar refractivity (Wildman–Crippen MR) is 171 cm³/mol. The molecule has 5 rings (SSSR count). The Hall–Kier alpha value is -4.76. The van der Waals surface area contributed by atoms with Gasteiger partial charge in [-0.05, 0) is 42.5 Å². The minimum absolute atomic E-state index is 0.0314. The lowest BCUT2D eigenvalue weighted by Crippen LogP contribution is -2.49. The number of rotatable bonds is 11. The first-order chi connectivity index (χ1) is 21.0. The molecule has 0 unspecified atom stereocenters. The van der Waals surface area contributed by atoms with Crippen molar-refractivity contribution in [3.8, 4) is 0 Å². The number of hydrogen-bond acceptors (Lipinski definition) is 5. The Bertz CT molecular complexity index is 1500. The molecule has 0 aliphatic carbocycles. The van der Waals surface area contributed by atoms with Gasteiger partial charge in [0.1, 0.15) is 5.69 Å². The van der Waals surface area contributed by atoms with Crippen LogP contribution in [0.25, 0.3) is 10.9 Å². The van der Waals surface area contributed by atoms with E-state index in [1.807, 2.05) is 71.6 Å². The first-order valence-electron chi connectivity index (χ1n) is 14.8. The van der Waals surface area contributed by atoms with E-state index in [2.05, 4.69) is 44.9 Å². The lowest BCUT2D eigenvalue weighted by molar-refractivity contribution is -0.133.